The summed E-state index contributed by atoms with van der Waals surface area (Å²) in [5.74, 6) is 0.952. The molecule has 1 atom stereocenters. The van der Waals surface area contributed by atoms with Gasteiger partial charge in [0.25, 0.3) is 0 Å². The van der Waals surface area contributed by atoms with Gasteiger partial charge in [-0.05, 0) is 38.3 Å². The maximum atomic E-state index is 6.09. The van der Waals surface area contributed by atoms with E-state index in [2.05, 4.69) is 18.7 Å². The summed E-state index contributed by atoms with van der Waals surface area (Å²) in [5.41, 5.74) is 6.09. The Bertz CT molecular complexity index is 191. The molecule has 0 aromatic heterocycles. The molecule has 0 heterocycles. The molecular formula is C17H36N2. The van der Waals surface area contributed by atoms with Crippen molar-refractivity contribution in [3.63, 3.8) is 0 Å². The van der Waals surface area contributed by atoms with E-state index in [0.29, 0.717) is 6.04 Å². The Labute approximate surface area is 121 Å². The van der Waals surface area contributed by atoms with E-state index < -0.39 is 0 Å². The SMILES string of the molecule is CCCCN(CCCC)C(CN)CC1CCCCC1. The summed E-state index contributed by atoms with van der Waals surface area (Å²) in [5, 5.41) is 0. The smallest absolute Gasteiger partial charge is 0.0221 e. The van der Waals surface area contributed by atoms with Crippen LogP contribution in [0.3, 0.4) is 0 Å². The highest BCUT2D eigenvalue weighted by atomic mass is 15.2. The van der Waals surface area contributed by atoms with Gasteiger partial charge in [0.05, 0.1) is 0 Å². The summed E-state index contributed by atoms with van der Waals surface area (Å²) in [6, 6.07) is 0.640. The second-order valence-electron chi connectivity index (χ2n) is 6.37. The van der Waals surface area contributed by atoms with Crippen molar-refractivity contribution in [2.24, 2.45) is 11.7 Å². The maximum absolute atomic E-state index is 6.09. The van der Waals surface area contributed by atoms with Gasteiger partial charge in [-0.2, -0.15) is 0 Å². The Morgan fingerprint density at radius 2 is 1.58 bits per heavy atom. The third-order valence-electron chi connectivity index (χ3n) is 4.72. The molecule has 0 radical (unpaired) electrons. The van der Waals surface area contributed by atoms with E-state index in [9.17, 15) is 0 Å². The Hall–Kier alpha value is -0.0800. The number of hydrogen-bond acceptors (Lipinski definition) is 2. The van der Waals surface area contributed by atoms with Crippen LogP contribution in [-0.2, 0) is 0 Å². The van der Waals surface area contributed by atoms with Crippen molar-refractivity contribution in [3.05, 3.63) is 0 Å². The highest BCUT2D eigenvalue weighted by molar-refractivity contribution is 4.78. The van der Waals surface area contributed by atoms with Crippen LogP contribution in [-0.4, -0.2) is 30.6 Å². The van der Waals surface area contributed by atoms with Crippen molar-refractivity contribution in [2.75, 3.05) is 19.6 Å². The first-order chi connectivity index (χ1) is 9.31. The van der Waals surface area contributed by atoms with Gasteiger partial charge in [0.2, 0.25) is 0 Å². The molecular weight excluding hydrogens is 232 g/mol. The van der Waals surface area contributed by atoms with Crippen LogP contribution in [0.15, 0.2) is 0 Å². The molecule has 1 unspecified atom stereocenters. The largest absolute Gasteiger partial charge is 0.329 e. The summed E-state index contributed by atoms with van der Waals surface area (Å²) < 4.78 is 0. The lowest BCUT2D eigenvalue weighted by atomic mass is 9.84. The van der Waals surface area contributed by atoms with Crippen LogP contribution in [0, 0.1) is 5.92 Å². The van der Waals surface area contributed by atoms with Gasteiger partial charge < -0.3 is 5.73 Å². The molecule has 0 saturated heterocycles. The molecule has 0 bridgehead atoms. The van der Waals surface area contributed by atoms with E-state index in [4.69, 9.17) is 5.73 Å². The van der Waals surface area contributed by atoms with Gasteiger partial charge >= 0.3 is 0 Å². The lowest BCUT2D eigenvalue weighted by Crippen LogP contribution is -2.43. The molecule has 1 aliphatic rings. The summed E-state index contributed by atoms with van der Waals surface area (Å²) in [7, 11) is 0. The summed E-state index contributed by atoms with van der Waals surface area (Å²) in [6.07, 6.45) is 13.8. The first kappa shape index (κ1) is 17.0. The van der Waals surface area contributed by atoms with E-state index in [1.54, 1.807) is 0 Å². The zero-order valence-corrected chi connectivity index (χ0v) is 13.4. The molecule has 1 saturated carbocycles. The van der Waals surface area contributed by atoms with Gasteiger partial charge in [-0.15, -0.1) is 0 Å². The lowest BCUT2D eigenvalue weighted by Gasteiger charge is -2.34. The molecule has 0 aromatic carbocycles. The maximum Gasteiger partial charge on any atom is 0.0221 e. The molecule has 114 valence electrons. The van der Waals surface area contributed by atoms with Crippen molar-refractivity contribution in [1.29, 1.82) is 0 Å². The van der Waals surface area contributed by atoms with Gasteiger partial charge in [-0.25, -0.2) is 0 Å². The third kappa shape index (κ3) is 6.76. The third-order valence-corrected chi connectivity index (χ3v) is 4.72. The monoisotopic (exact) mass is 268 g/mol. The second kappa shape index (κ2) is 10.7. The molecule has 19 heavy (non-hydrogen) atoms. The van der Waals surface area contributed by atoms with Gasteiger partial charge in [-0.1, -0.05) is 58.8 Å². The van der Waals surface area contributed by atoms with Gasteiger partial charge in [0.1, 0.15) is 0 Å². The van der Waals surface area contributed by atoms with Crippen LogP contribution in [0.25, 0.3) is 0 Å². The van der Waals surface area contributed by atoms with Crippen LogP contribution in [0.5, 0.6) is 0 Å². The van der Waals surface area contributed by atoms with Crippen LogP contribution >= 0.6 is 0 Å². The topological polar surface area (TPSA) is 29.3 Å². The van der Waals surface area contributed by atoms with E-state index >= 15 is 0 Å². The average Bonchev–Trinajstić information content (AvgIpc) is 2.46. The molecule has 0 aromatic rings. The molecule has 1 fully saturated rings. The Morgan fingerprint density at radius 3 is 2.05 bits per heavy atom. The molecule has 2 heteroatoms. The quantitative estimate of drug-likeness (QED) is 0.644. The number of hydrogen-bond donors (Lipinski definition) is 1. The summed E-state index contributed by atoms with van der Waals surface area (Å²) in [6.45, 7) is 7.94. The van der Waals surface area contributed by atoms with Gasteiger partial charge in [0, 0.05) is 12.6 Å². The van der Waals surface area contributed by atoms with Crippen molar-refractivity contribution >= 4 is 0 Å². The minimum absolute atomic E-state index is 0.640. The fourth-order valence-electron chi connectivity index (χ4n) is 3.40. The molecule has 2 N–H and O–H groups in total. The van der Waals surface area contributed by atoms with Crippen molar-refractivity contribution in [1.82, 2.24) is 4.90 Å². The minimum atomic E-state index is 0.640. The Morgan fingerprint density at radius 1 is 1.00 bits per heavy atom. The van der Waals surface area contributed by atoms with Crippen molar-refractivity contribution in [2.45, 2.75) is 84.1 Å². The molecule has 1 aliphatic carbocycles. The first-order valence-electron chi connectivity index (χ1n) is 8.75. The number of nitrogens with two attached hydrogens (primary N) is 1. The zero-order chi connectivity index (χ0) is 13.9. The normalized spacial score (nSPS) is 18.9. The Kier molecular flexibility index (Phi) is 9.54. The van der Waals surface area contributed by atoms with E-state index in [1.165, 1.54) is 77.3 Å². The first-order valence-corrected chi connectivity index (χ1v) is 8.75. The average molecular weight is 268 g/mol. The van der Waals surface area contributed by atoms with Crippen LogP contribution in [0.4, 0.5) is 0 Å². The van der Waals surface area contributed by atoms with E-state index in [-0.39, 0.29) is 0 Å². The van der Waals surface area contributed by atoms with Gasteiger partial charge in [-0.3, -0.25) is 4.90 Å². The van der Waals surface area contributed by atoms with Gasteiger partial charge in [0.15, 0.2) is 0 Å². The van der Waals surface area contributed by atoms with Crippen LogP contribution in [0.2, 0.25) is 0 Å². The summed E-state index contributed by atoms with van der Waals surface area (Å²) in [4.78, 5) is 2.70. The molecule has 0 amide bonds. The van der Waals surface area contributed by atoms with Crippen LogP contribution < -0.4 is 5.73 Å². The molecule has 2 nitrogen and oxygen atoms in total. The minimum Gasteiger partial charge on any atom is -0.329 e. The van der Waals surface area contributed by atoms with E-state index in [0.717, 1.165) is 12.5 Å². The van der Waals surface area contributed by atoms with Crippen LogP contribution in [0.1, 0.15) is 78.1 Å². The van der Waals surface area contributed by atoms with Crippen molar-refractivity contribution < 1.29 is 0 Å². The predicted molar refractivity (Wildman–Crippen MR) is 85.4 cm³/mol. The van der Waals surface area contributed by atoms with Crippen molar-refractivity contribution in [3.8, 4) is 0 Å². The lowest BCUT2D eigenvalue weighted by molar-refractivity contribution is 0.155. The summed E-state index contributed by atoms with van der Waals surface area (Å²) >= 11 is 0. The fraction of sp³-hybridized carbons (Fsp3) is 1.00. The molecule has 0 spiro atoms. The fourth-order valence-corrected chi connectivity index (χ4v) is 3.40. The number of unbranched alkanes of at least 4 members (excludes halogenated alkanes) is 2. The second-order valence-corrected chi connectivity index (χ2v) is 6.37. The zero-order valence-electron chi connectivity index (χ0n) is 13.4. The molecule has 1 rings (SSSR count). The number of nitrogens with zero attached hydrogens (tertiary/aromatic N) is 1. The highest BCUT2D eigenvalue weighted by Gasteiger charge is 2.22. The Balaban J connectivity index is 2.44. The number of rotatable bonds is 10. The predicted octanol–water partition coefficient (Wildman–Crippen LogP) is 4.19. The van der Waals surface area contributed by atoms with E-state index in [1.807, 2.05) is 0 Å². The highest BCUT2D eigenvalue weighted by Crippen LogP contribution is 2.28. The molecule has 0 aliphatic heterocycles. The standard InChI is InChI=1S/C17H36N2/c1-3-5-12-19(13-6-4-2)17(15-18)14-16-10-8-7-9-11-16/h16-17H,3-15,18H2,1-2H3.